The summed E-state index contributed by atoms with van der Waals surface area (Å²) in [5.41, 5.74) is 2.18. The first-order valence-electron chi connectivity index (χ1n) is 7.44. The summed E-state index contributed by atoms with van der Waals surface area (Å²) in [4.78, 5) is 0. The maximum Gasteiger partial charge on any atom is 0.167 e. The topological polar surface area (TPSA) is 42.5 Å². The van der Waals surface area contributed by atoms with Crippen LogP contribution in [-0.4, -0.2) is 19.3 Å². The number of rotatable bonds is 6. The van der Waals surface area contributed by atoms with Crippen LogP contribution in [-0.2, 0) is 6.54 Å². The van der Waals surface area contributed by atoms with E-state index in [1.807, 2.05) is 43.3 Å². The summed E-state index contributed by atoms with van der Waals surface area (Å²) in [5.74, 6) is 1.59. The highest BCUT2D eigenvalue weighted by Gasteiger charge is 2.13. The largest absolute Gasteiger partial charge is 0.497 e. The molecule has 0 spiro atoms. The van der Waals surface area contributed by atoms with Crippen molar-refractivity contribution in [2.24, 2.45) is 0 Å². The standard InChI is InChI=1S/C18H22N2O2S/c1-13(16-11-15(21-2)9-10-17(16)22-3)20-18(23)19-12-14-7-5-4-6-8-14/h4-11,13H,12H2,1-3H3,(H2,19,20,23)/t13-/m1/s1. The summed E-state index contributed by atoms with van der Waals surface area (Å²) < 4.78 is 10.7. The van der Waals surface area contributed by atoms with E-state index in [9.17, 15) is 0 Å². The van der Waals surface area contributed by atoms with Gasteiger partial charge in [-0.2, -0.15) is 0 Å². The van der Waals surface area contributed by atoms with Gasteiger partial charge in [0.05, 0.1) is 20.3 Å². The molecule has 2 aromatic carbocycles. The Morgan fingerprint density at radius 2 is 1.83 bits per heavy atom. The Bertz CT molecular complexity index is 647. The van der Waals surface area contributed by atoms with Gasteiger partial charge in [0, 0.05) is 12.1 Å². The van der Waals surface area contributed by atoms with Crippen molar-refractivity contribution in [2.45, 2.75) is 19.5 Å². The second-order valence-electron chi connectivity index (χ2n) is 5.14. The lowest BCUT2D eigenvalue weighted by Gasteiger charge is -2.20. The molecule has 0 amide bonds. The van der Waals surface area contributed by atoms with Crippen molar-refractivity contribution < 1.29 is 9.47 Å². The lowest BCUT2D eigenvalue weighted by atomic mass is 10.1. The van der Waals surface area contributed by atoms with Crippen LogP contribution in [0.15, 0.2) is 48.5 Å². The van der Waals surface area contributed by atoms with E-state index in [-0.39, 0.29) is 6.04 Å². The van der Waals surface area contributed by atoms with Crippen LogP contribution in [0.4, 0.5) is 0 Å². The average molecular weight is 330 g/mol. The van der Waals surface area contributed by atoms with Gasteiger partial charge in [-0.15, -0.1) is 0 Å². The Morgan fingerprint density at radius 3 is 2.48 bits per heavy atom. The fourth-order valence-corrected chi connectivity index (χ4v) is 2.53. The van der Waals surface area contributed by atoms with Crippen molar-refractivity contribution >= 4 is 17.3 Å². The van der Waals surface area contributed by atoms with Gasteiger partial charge in [0.1, 0.15) is 11.5 Å². The Hall–Kier alpha value is -2.27. The normalized spacial score (nSPS) is 11.4. The molecule has 0 saturated carbocycles. The minimum Gasteiger partial charge on any atom is -0.497 e. The third kappa shape index (κ3) is 4.86. The van der Waals surface area contributed by atoms with Crippen molar-refractivity contribution in [1.29, 1.82) is 0 Å². The lowest BCUT2D eigenvalue weighted by molar-refractivity contribution is 0.395. The highest BCUT2D eigenvalue weighted by Crippen LogP contribution is 2.29. The van der Waals surface area contributed by atoms with Gasteiger partial charge in [0.25, 0.3) is 0 Å². The molecule has 0 unspecified atom stereocenters. The average Bonchev–Trinajstić information content (AvgIpc) is 2.60. The molecule has 0 saturated heterocycles. The first-order chi connectivity index (χ1) is 11.1. The number of ether oxygens (including phenoxy) is 2. The molecule has 0 aliphatic carbocycles. The van der Waals surface area contributed by atoms with E-state index in [0.29, 0.717) is 11.7 Å². The fraction of sp³-hybridized carbons (Fsp3) is 0.278. The van der Waals surface area contributed by atoms with Crippen LogP contribution in [0.3, 0.4) is 0 Å². The minimum atomic E-state index is -0.00387. The Morgan fingerprint density at radius 1 is 1.09 bits per heavy atom. The van der Waals surface area contributed by atoms with Crippen LogP contribution in [0, 0.1) is 0 Å². The number of methoxy groups -OCH3 is 2. The van der Waals surface area contributed by atoms with Crippen LogP contribution in [0.1, 0.15) is 24.1 Å². The van der Waals surface area contributed by atoms with Gasteiger partial charge in [-0.05, 0) is 42.9 Å². The molecule has 0 aliphatic heterocycles. The number of hydrogen-bond acceptors (Lipinski definition) is 3. The monoisotopic (exact) mass is 330 g/mol. The third-order valence-corrected chi connectivity index (χ3v) is 3.81. The van der Waals surface area contributed by atoms with Gasteiger partial charge in [-0.3, -0.25) is 0 Å². The van der Waals surface area contributed by atoms with E-state index in [2.05, 4.69) is 22.8 Å². The Balaban J connectivity index is 1.98. The number of thiocarbonyl (C=S) groups is 1. The molecule has 0 radical (unpaired) electrons. The van der Waals surface area contributed by atoms with Crippen LogP contribution in [0.2, 0.25) is 0 Å². The molecule has 0 aromatic heterocycles. The fourth-order valence-electron chi connectivity index (χ4n) is 2.28. The van der Waals surface area contributed by atoms with Gasteiger partial charge in [-0.1, -0.05) is 30.3 Å². The SMILES string of the molecule is COc1ccc(OC)c([C@@H](C)NC(=S)NCc2ccccc2)c1. The summed E-state index contributed by atoms with van der Waals surface area (Å²) in [5, 5.41) is 7.09. The number of hydrogen-bond donors (Lipinski definition) is 2. The molecule has 2 rings (SSSR count). The van der Waals surface area contributed by atoms with Gasteiger partial charge < -0.3 is 20.1 Å². The lowest BCUT2D eigenvalue weighted by Crippen LogP contribution is -2.36. The maximum atomic E-state index is 5.42. The first kappa shape index (κ1) is 17.1. The van der Waals surface area contributed by atoms with Gasteiger partial charge in [-0.25, -0.2) is 0 Å². The molecular weight excluding hydrogens is 308 g/mol. The molecule has 0 heterocycles. The van der Waals surface area contributed by atoms with E-state index in [1.54, 1.807) is 14.2 Å². The molecule has 0 aliphatic rings. The number of benzene rings is 2. The molecular formula is C18H22N2O2S. The minimum absolute atomic E-state index is 0.00387. The zero-order chi connectivity index (χ0) is 16.7. The van der Waals surface area contributed by atoms with Crippen LogP contribution >= 0.6 is 12.2 Å². The maximum absolute atomic E-state index is 5.42. The van der Waals surface area contributed by atoms with Crippen LogP contribution < -0.4 is 20.1 Å². The second-order valence-corrected chi connectivity index (χ2v) is 5.55. The molecule has 23 heavy (non-hydrogen) atoms. The van der Waals surface area contributed by atoms with Crippen LogP contribution in [0.5, 0.6) is 11.5 Å². The number of nitrogens with one attached hydrogen (secondary N) is 2. The van der Waals surface area contributed by atoms with Gasteiger partial charge in [0.15, 0.2) is 5.11 Å². The Kier molecular flexibility index (Phi) is 6.23. The summed E-state index contributed by atoms with van der Waals surface area (Å²) in [6.45, 7) is 2.72. The van der Waals surface area contributed by atoms with Crippen molar-refractivity contribution in [2.75, 3.05) is 14.2 Å². The molecule has 2 aromatic rings. The van der Waals surface area contributed by atoms with E-state index in [4.69, 9.17) is 21.7 Å². The summed E-state index contributed by atoms with van der Waals surface area (Å²) in [7, 11) is 3.31. The predicted molar refractivity (Wildman–Crippen MR) is 97.0 cm³/mol. The molecule has 4 nitrogen and oxygen atoms in total. The van der Waals surface area contributed by atoms with Gasteiger partial charge in [0.2, 0.25) is 0 Å². The summed E-state index contributed by atoms with van der Waals surface area (Å²) >= 11 is 5.38. The zero-order valence-corrected chi connectivity index (χ0v) is 14.4. The highest BCUT2D eigenvalue weighted by atomic mass is 32.1. The van der Waals surface area contributed by atoms with Crippen molar-refractivity contribution in [1.82, 2.24) is 10.6 Å². The second kappa shape index (κ2) is 8.39. The van der Waals surface area contributed by atoms with E-state index in [1.165, 1.54) is 5.56 Å². The van der Waals surface area contributed by atoms with Crippen molar-refractivity contribution in [3.8, 4) is 11.5 Å². The Labute approximate surface area is 142 Å². The predicted octanol–water partition coefficient (Wildman–Crippen LogP) is 3.43. The molecule has 0 fully saturated rings. The summed E-state index contributed by atoms with van der Waals surface area (Å²) in [6.07, 6.45) is 0. The molecule has 122 valence electrons. The van der Waals surface area contributed by atoms with E-state index >= 15 is 0 Å². The van der Waals surface area contributed by atoms with E-state index < -0.39 is 0 Å². The van der Waals surface area contributed by atoms with E-state index in [0.717, 1.165) is 17.1 Å². The molecule has 5 heteroatoms. The van der Waals surface area contributed by atoms with Crippen molar-refractivity contribution in [3.63, 3.8) is 0 Å². The zero-order valence-electron chi connectivity index (χ0n) is 13.6. The van der Waals surface area contributed by atoms with Gasteiger partial charge >= 0.3 is 0 Å². The molecule has 2 N–H and O–H groups in total. The third-order valence-electron chi connectivity index (χ3n) is 3.55. The molecule has 0 bridgehead atoms. The highest BCUT2D eigenvalue weighted by molar-refractivity contribution is 7.80. The first-order valence-corrected chi connectivity index (χ1v) is 7.85. The molecule has 1 atom stereocenters. The quantitative estimate of drug-likeness (QED) is 0.794. The van der Waals surface area contributed by atoms with Crippen LogP contribution in [0.25, 0.3) is 0 Å². The summed E-state index contributed by atoms with van der Waals surface area (Å²) in [6, 6.07) is 15.9. The smallest absolute Gasteiger partial charge is 0.167 e. The van der Waals surface area contributed by atoms with Crippen molar-refractivity contribution in [3.05, 3.63) is 59.7 Å².